The summed E-state index contributed by atoms with van der Waals surface area (Å²) in [6, 6.07) is 15.0. The van der Waals surface area contributed by atoms with Crippen LogP contribution in [0.2, 0.25) is 0 Å². The van der Waals surface area contributed by atoms with Gasteiger partial charge in [0.1, 0.15) is 24.5 Å². The molecule has 2 N–H and O–H groups in total. The molecule has 0 aliphatic heterocycles. The van der Waals surface area contributed by atoms with E-state index in [1.165, 1.54) is 0 Å². The second-order valence-corrected chi connectivity index (χ2v) is 9.14. The second-order valence-electron chi connectivity index (χ2n) is 9.14. The van der Waals surface area contributed by atoms with Gasteiger partial charge in [-0.15, -0.1) is 0 Å². The lowest BCUT2D eigenvalue weighted by Crippen LogP contribution is -2.48. The maximum Gasteiger partial charge on any atom is 0.420 e. The van der Waals surface area contributed by atoms with E-state index in [0.29, 0.717) is 32.1 Å². The zero-order valence-electron chi connectivity index (χ0n) is 19.5. The van der Waals surface area contributed by atoms with Crippen molar-refractivity contribution < 1.29 is 23.9 Å². The van der Waals surface area contributed by atoms with Crippen molar-refractivity contribution in [2.24, 2.45) is 5.73 Å². The van der Waals surface area contributed by atoms with E-state index in [-0.39, 0.29) is 12.5 Å². The van der Waals surface area contributed by atoms with Crippen LogP contribution in [-0.4, -0.2) is 48.2 Å². The first-order valence-corrected chi connectivity index (χ1v) is 11.3. The van der Waals surface area contributed by atoms with Crippen LogP contribution in [0.1, 0.15) is 57.1 Å². The first kappa shape index (κ1) is 24.5. The number of fused-ring (bicyclic) bond motifs is 3. The van der Waals surface area contributed by atoms with Crippen molar-refractivity contribution in [1.29, 1.82) is 0 Å². The minimum atomic E-state index is -0.984. The average molecular weight is 453 g/mol. The number of amides is 2. The summed E-state index contributed by atoms with van der Waals surface area (Å²) in [5, 5.41) is 0. The van der Waals surface area contributed by atoms with Crippen LogP contribution >= 0.6 is 0 Å². The van der Waals surface area contributed by atoms with E-state index in [2.05, 4.69) is 0 Å². The number of benzene rings is 2. The third-order valence-corrected chi connectivity index (χ3v) is 5.57. The van der Waals surface area contributed by atoms with Gasteiger partial charge in [0.2, 0.25) is 0 Å². The lowest BCUT2D eigenvalue weighted by Gasteiger charge is -2.29. The minimum absolute atomic E-state index is 0.0422. The van der Waals surface area contributed by atoms with Crippen molar-refractivity contribution in [2.45, 2.75) is 57.6 Å². The van der Waals surface area contributed by atoms with E-state index in [1.54, 1.807) is 20.8 Å². The molecule has 0 saturated heterocycles. The maximum absolute atomic E-state index is 13.1. The van der Waals surface area contributed by atoms with Gasteiger partial charge in [-0.25, -0.2) is 14.5 Å². The first-order chi connectivity index (χ1) is 15.8. The monoisotopic (exact) mass is 452 g/mol. The molecule has 2 aromatic carbocycles. The molecule has 0 radical (unpaired) electrons. The number of aldehydes is 1. The summed E-state index contributed by atoms with van der Waals surface area (Å²) in [6.45, 7) is 5.60. The molecule has 0 spiro atoms. The normalized spacial score (nSPS) is 13.6. The first-order valence-electron chi connectivity index (χ1n) is 11.3. The van der Waals surface area contributed by atoms with Gasteiger partial charge in [0.15, 0.2) is 0 Å². The summed E-state index contributed by atoms with van der Waals surface area (Å²) < 4.78 is 11.0. The summed E-state index contributed by atoms with van der Waals surface area (Å²) in [6.07, 6.45) is 0.361. The molecule has 0 fully saturated rings. The van der Waals surface area contributed by atoms with Crippen LogP contribution in [0, 0.1) is 0 Å². The number of hydrogen-bond donors (Lipinski definition) is 1. The number of imide groups is 1. The molecule has 1 atom stereocenters. The van der Waals surface area contributed by atoms with Gasteiger partial charge in [0.05, 0.1) is 0 Å². The predicted octanol–water partition coefficient (Wildman–Crippen LogP) is 4.87. The summed E-state index contributed by atoms with van der Waals surface area (Å²) >= 11 is 0. The quantitative estimate of drug-likeness (QED) is 0.453. The van der Waals surface area contributed by atoms with E-state index in [9.17, 15) is 14.4 Å². The number of rotatable bonds is 8. The topological polar surface area (TPSA) is 98.9 Å². The predicted molar refractivity (Wildman–Crippen MR) is 126 cm³/mol. The van der Waals surface area contributed by atoms with Crippen molar-refractivity contribution in [3.05, 3.63) is 59.7 Å². The fourth-order valence-corrected chi connectivity index (χ4v) is 4.08. The zero-order valence-corrected chi connectivity index (χ0v) is 19.5. The molecule has 3 rings (SSSR count). The number of carbonyl (C=O) groups is 3. The van der Waals surface area contributed by atoms with Crippen molar-refractivity contribution in [3.8, 4) is 11.1 Å². The SMILES string of the molecule is CC(C)(C)OC(=O)N(C(=O)OCC1c2ccccc2-c2ccccc21)[C@H](C=O)CCCCN. The Bertz CT molecular complexity index is 953. The largest absolute Gasteiger partial charge is 0.448 e. The standard InChI is InChI=1S/C26H32N2O5/c1-26(2,3)33-25(31)28(18(16-29)10-8-9-15-27)24(30)32-17-23-21-13-6-4-11-19(21)20-12-5-7-14-22(20)23/h4-7,11-14,16,18,23H,8-10,15,17,27H2,1-3H3/t18-/m0/s1. The Labute approximate surface area is 194 Å². The van der Waals surface area contributed by atoms with Gasteiger partial charge in [-0.2, -0.15) is 0 Å². The van der Waals surface area contributed by atoms with Gasteiger partial charge in [-0.05, 0) is 68.8 Å². The maximum atomic E-state index is 13.1. The molecule has 33 heavy (non-hydrogen) atoms. The molecule has 0 unspecified atom stereocenters. The fourth-order valence-electron chi connectivity index (χ4n) is 4.08. The highest BCUT2D eigenvalue weighted by Gasteiger charge is 2.36. The number of nitrogens with zero attached hydrogens (tertiary/aromatic N) is 1. The summed E-state index contributed by atoms with van der Waals surface area (Å²) in [7, 11) is 0. The number of nitrogens with two attached hydrogens (primary N) is 1. The fraction of sp³-hybridized carbons (Fsp3) is 0.423. The van der Waals surface area contributed by atoms with Crippen molar-refractivity contribution in [3.63, 3.8) is 0 Å². The summed E-state index contributed by atoms with van der Waals surface area (Å²) in [5.74, 6) is -0.159. The Morgan fingerprint density at radius 2 is 1.58 bits per heavy atom. The average Bonchev–Trinajstić information content (AvgIpc) is 3.09. The molecular weight excluding hydrogens is 420 g/mol. The molecule has 2 amide bonds. The van der Waals surface area contributed by atoms with E-state index < -0.39 is 23.8 Å². The van der Waals surface area contributed by atoms with Crippen LogP contribution in [0.3, 0.4) is 0 Å². The Morgan fingerprint density at radius 3 is 2.09 bits per heavy atom. The van der Waals surface area contributed by atoms with E-state index in [1.807, 2.05) is 48.5 Å². The van der Waals surface area contributed by atoms with E-state index in [4.69, 9.17) is 15.2 Å². The number of ether oxygens (including phenoxy) is 2. The molecule has 176 valence electrons. The molecule has 7 heteroatoms. The van der Waals surface area contributed by atoms with Gasteiger partial charge in [-0.3, -0.25) is 0 Å². The van der Waals surface area contributed by atoms with Gasteiger partial charge < -0.3 is 20.0 Å². The lowest BCUT2D eigenvalue weighted by atomic mass is 9.98. The highest BCUT2D eigenvalue weighted by Crippen LogP contribution is 2.44. The Kier molecular flexibility index (Phi) is 7.87. The highest BCUT2D eigenvalue weighted by molar-refractivity contribution is 5.91. The van der Waals surface area contributed by atoms with Gasteiger partial charge in [0.25, 0.3) is 0 Å². The number of carbonyl (C=O) groups excluding carboxylic acids is 3. The highest BCUT2D eigenvalue weighted by atomic mass is 16.6. The lowest BCUT2D eigenvalue weighted by molar-refractivity contribution is -0.112. The van der Waals surface area contributed by atoms with E-state index in [0.717, 1.165) is 27.2 Å². The van der Waals surface area contributed by atoms with Crippen LogP contribution in [-0.2, 0) is 14.3 Å². The Hall–Kier alpha value is -3.19. The smallest absolute Gasteiger partial charge is 0.420 e. The van der Waals surface area contributed by atoms with E-state index >= 15 is 0 Å². The van der Waals surface area contributed by atoms with Crippen LogP contribution < -0.4 is 5.73 Å². The molecule has 1 aliphatic rings. The summed E-state index contributed by atoms with van der Waals surface area (Å²) in [4.78, 5) is 38.6. The minimum Gasteiger partial charge on any atom is -0.448 e. The third kappa shape index (κ3) is 5.79. The molecule has 1 aliphatic carbocycles. The molecular formula is C26H32N2O5. The molecule has 0 saturated carbocycles. The van der Waals surface area contributed by atoms with Crippen LogP contribution in [0.4, 0.5) is 9.59 Å². The van der Waals surface area contributed by atoms with Crippen LogP contribution in [0.5, 0.6) is 0 Å². The third-order valence-electron chi connectivity index (χ3n) is 5.57. The molecule has 0 heterocycles. The number of unbranched alkanes of at least 4 members (excludes halogenated alkanes) is 1. The van der Waals surface area contributed by atoms with Crippen LogP contribution in [0.25, 0.3) is 11.1 Å². The zero-order chi connectivity index (χ0) is 24.0. The van der Waals surface area contributed by atoms with Gasteiger partial charge in [-0.1, -0.05) is 48.5 Å². The van der Waals surface area contributed by atoms with Gasteiger partial charge >= 0.3 is 12.2 Å². The second kappa shape index (κ2) is 10.6. The summed E-state index contributed by atoms with van der Waals surface area (Å²) in [5.41, 5.74) is 9.04. The molecule has 7 nitrogen and oxygen atoms in total. The Balaban J connectivity index is 1.80. The van der Waals surface area contributed by atoms with Crippen molar-refractivity contribution in [1.82, 2.24) is 4.90 Å². The van der Waals surface area contributed by atoms with Crippen molar-refractivity contribution >= 4 is 18.5 Å². The molecule has 0 aromatic heterocycles. The van der Waals surface area contributed by atoms with Crippen LogP contribution in [0.15, 0.2) is 48.5 Å². The molecule has 2 aromatic rings. The Morgan fingerprint density at radius 1 is 1.00 bits per heavy atom. The molecule has 0 bridgehead atoms. The number of hydrogen-bond acceptors (Lipinski definition) is 6. The van der Waals surface area contributed by atoms with Gasteiger partial charge in [0, 0.05) is 5.92 Å². The van der Waals surface area contributed by atoms with Crippen molar-refractivity contribution in [2.75, 3.05) is 13.2 Å².